The van der Waals surface area contributed by atoms with Gasteiger partial charge in [-0.05, 0) is 60.5 Å². The van der Waals surface area contributed by atoms with Crippen LogP contribution in [0.2, 0.25) is 5.02 Å². The van der Waals surface area contributed by atoms with Crippen molar-refractivity contribution in [3.63, 3.8) is 0 Å². The zero-order chi connectivity index (χ0) is 24.8. The number of nitro groups is 1. The van der Waals surface area contributed by atoms with Crippen LogP contribution in [0.15, 0.2) is 76.2 Å². The number of hydrazone groups is 1. The molecule has 0 aliphatic rings. The van der Waals surface area contributed by atoms with Gasteiger partial charge in [0.15, 0.2) is 17.3 Å². The van der Waals surface area contributed by atoms with Gasteiger partial charge in [0.2, 0.25) is 0 Å². The molecule has 1 heterocycles. The summed E-state index contributed by atoms with van der Waals surface area (Å²) in [5.74, 6) is 0.502. The molecular weight excluding hydrogens is 474 g/mol. The fraction of sp³-hybridized carbons (Fsp3) is 0.120. The third-order valence-electron chi connectivity index (χ3n) is 4.89. The highest BCUT2D eigenvalue weighted by molar-refractivity contribution is 6.30. The van der Waals surface area contributed by atoms with Gasteiger partial charge in [-0.15, -0.1) is 0 Å². The molecule has 4 rings (SSSR count). The molecule has 9 nitrogen and oxygen atoms in total. The molecule has 0 saturated heterocycles. The summed E-state index contributed by atoms with van der Waals surface area (Å²) in [6, 6.07) is 18.2. The first-order valence-corrected chi connectivity index (χ1v) is 11.0. The van der Waals surface area contributed by atoms with Crippen molar-refractivity contribution in [1.82, 2.24) is 5.43 Å². The molecule has 0 atom stereocenters. The second-order valence-corrected chi connectivity index (χ2v) is 7.78. The lowest BCUT2D eigenvalue weighted by Crippen LogP contribution is -2.16. The maximum atomic E-state index is 12.4. The lowest BCUT2D eigenvalue weighted by atomic mass is 10.2. The zero-order valence-electron chi connectivity index (χ0n) is 18.6. The molecule has 0 spiro atoms. The van der Waals surface area contributed by atoms with E-state index in [4.69, 9.17) is 25.5 Å². The van der Waals surface area contributed by atoms with Crippen LogP contribution >= 0.6 is 11.6 Å². The molecule has 0 unspecified atom stereocenters. The molecule has 178 valence electrons. The summed E-state index contributed by atoms with van der Waals surface area (Å²) in [6.07, 6.45) is 1.46. The van der Waals surface area contributed by atoms with Crippen LogP contribution in [0.1, 0.15) is 28.6 Å². The Balaban J connectivity index is 1.41. The van der Waals surface area contributed by atoms with E-state index < -0.39 is 10.8 Å². The van der Waals surface area contributed by atoms with E-state index in [0.29, 0.717) is 46.3 Å². The smallest absolute Gasteiger partial charge is 0.307 e. The zero-order valence-corrected chi connectivity index (χ0v) is 19.3. The van der Waals surface area contributed by atoms with Crippen LogP contribution < -0.4 is 14.9 Å². The first-order chi connectivity index (χ1) is 16.9. The molecular formula is C25H20ClN3O6. The van der Waals surface area contributed by atoms with Gasteiger partial charge in [-0.1, -0.05) is 23.7 Å². The van der Waals surface area contributed by atoms with E-state index >= 15 is 0 Å². The summed E-state index contributed by atoms with van der Waals surface area (Å²) in [7, 11) is 0. The molecule has 1 amide bonds. The minimum Gasteiger partial charge on any atom is -0.490 e. The molecule has 0 aliphatic carbocycles. The number of carbonyl (C=O) groups excluding carboxylic acids is 1. The molecule has 0 saturated carbocycles. The molecule has 0 fully saturated rings. The molecule has 1 N–H and O–H groups in total. The topological polar surface area (TPSA) is 116 Å². The Morgan fingerprint density at radius 2 is 1.89 bits per heavy atom. The van der Waals surface area contributed by atoms with Crippen molar-refractivity contribution in [2.45, 2.75) is 13.5 Å². The third kappa shape index (κ3) is 5.96. The maximum absolute atomic E-state index is 12.4. The van der Waals surface area contributed by atoms with Crippen molar-refractivity contribution in [3.8, 4) is 11.5 Å². The first-order valence-electron chi connectivity index (χ1n) is 10.6. The van der Waals surface area contributed by atoms with Crippen molar-refractivity contribution < 1.29 is 23.6 Å². The van der Waals surface area contributed by atoms with Crippen molar-refractivity contribution in [3.05, 3.63) is 98.8 Å². The summed E-state index contributed by atoms with van der Waals surface area (Å²) in [6.45, 7) is 2.66. The number of nitro benzene ring substituents is 1. The standard InChI is InChI=1S/C25H20ClN3O6/c1-2-33-23-11-17(5-9-22(23)34-15-16-3-6-19(26)7-4-16)14-27-28-25(30)24-13-18-12-20(29(31)32)8-10-21(18)35-24/h3-14H,2,15H2,1H3,(H,28,30)/b27-14-. The first kappa shape index (κ1) is 23.8. The minimum absolute atomic E-state index is 0.0152. The highest BCUT2D eigenvalue weighted by atomic mass is 35.5. The average molecular weight is 494 g/mol. The molecule has 4 aromatic rings. The van der Waals surface area contributed by atoms with Crippen molar-refractivity contribution >= 4 is 40.4 Å². The number of carbonyl (C=O) groups is 1. The van der Waals surface area contributed by atoms with E-state index in [1.165, 1.54) is 30.5 Å². The Morgan fingerprint density at radius 3 is 2.63 bits per heavy atom. The summed E-state index contributed by atoms with van der Waals surface area (Å²) in [4.78, 5) is 22.8. The van der Waals surface area contributed by atoms with E-state index in [1.54, 1.807) is 30.3 Å². The van der Waals surface area contributed by atoms with Gasteiger partial charge in [0.25, 0.3) is 5.69 Å². The number of furan rings is 1. The Morgan fingerprint density at radius 1 is 1.09 bits per heavy atom. The Kier molecular flexibility index (Phi) is 7.27. The van der Waals surface area contributed by atoms with E-state index in [-0.39, 0.29) is 11.4 Å². The van der Waals surface area contributed by atoms with Gasteiger partial charge in [-0.3, -0.25) is 14.9 Å². The summed E-state index contributed by atoms with van der Waals surface area (Å²) >= 11 is 5.92. The normalized spacial score (nSPS) is 11.0. The van der Waals surface area contributed by atoms with Gasteiger partial charge >= 0.3 is 5.91 Å². The number of non-ortho nitro benzene ring substituents is 1. The number of hydrogen-bond donors (Lipinski definition) is 1. The van der Waals surface area contributed by atoms with Crippen LogP contribution in [0.3, 0.4) is 0 Å². The molecule has 0 bridgehead atoms. The maximum Gasteiger partial charge on any atom is 0.307 e. The minimum atomic E-state index is -0.590. The number of halogens is 1. The Hall–Kier alpha value is -4.37. The van der Waals surface area contributed by atoms with Crippen molar-refractivity contribution in [1.29, 1.82) is 0 Å². The highest BCUT2D eigenvalue weighted by Gasteiger charge is 2.14. The van der Waals surface area contributed by atoms with E-state index in [0.717, 1.165) is 5.56 Å². The van der Waals surface area contributed by atoms with Crippen LogP contribution in [0, 0.1) is 10.1 Å². The number of amides is 1. The average Bonchev–Trinajstić information content (AvgIpc) is 3.28. The van der Waals surface area contributed by atoms with E-state index in [1.807, 2.05) is 19.1 Å². The van der Waals surface area contributed by atoms with Gasteiger partial charge in [0.1, 0.15) is 12.2 Å². The lowest BCUT2D eigenvalue weighted by Gasteiger charge is -2.12. The number of benzene rings is 3. The number of rotatable bonds is 9. The fourth-order valence-electron chi connectivity index (χ4n) is 3.21. The number of fused-ring (bicyclic) bond motifs is 1. The summed E-state index contributed by atoms with van der Waals surface area (Å²) in [5, 5.41) is 16.0. The van der Waals surface area contributed by atoms with Crippen LogP contribution in [0.25, 0.3) is 11.0 Å². The molecule has 3 aromatic carbocycles. The number of nitrogens with one attached hydrogen (secondary N) is 1. The molecule has 1 aromatic heterocycles. The van der Waals surface area contributed by atoms with Gasteiger partial charge in [-0.25, -0.2) is 5.43 Å². The van der Waals surface area contributed by atoms with Gasteiger partial charge in [0.05, 0.1) is 17.7 Å². The quantitative estimate of drug-likeness (QED) is 0.181. The number of hydrogen-bond acceptors (Lipinski definition) is 7. The van der Waals surface area contributed by atoms with Gasteiger partial charge in [-0.2, -0.15) is 5.10 Å². The van der Waals surface area contributed by atoms with E-state index in [9.17, 15) is 14.9 Å². The van der Waals surface area contributed by atoms with Gasteiger partial charge in [0, 0.05) is 22.5 Å². The highest BCUT2D eigenvalue weighted by Crippen LogP contribution is 2.29. The molecule has 10 heteroatoms. The third-order valence-corrected chi connectivity index (χ3v) is 5.14. The van der Waals surface area contributed by atoms with Crippen LogP contribution in [0.5, 0.6) is 11.5 Å². The lowest BCUT2D eigenvalue weighted by molar-refractivity contribution is -0.384. The largest absolute Gasteiger partial charge is 0.490 e. The monoisotopic (exact) mass is 493 g/mol. The summed E-state index contributed by atoms with van der Waals surface area (Å²) in [5.41, 5.74) is 4.29. The SMILES string of the molecule is CCOc1cc(/C=N\NC(=O)c2cc3cc([N+](=O)[O-])ccc3o2)ccc1OCc1ccc(Cl)cc1. The Bertz CT molecular complexity index is 1400. The van der Waals surface area contributed by atoms with Crippen LogP contribution in [-0.2, 0) is 6.61 Å². The van der Waals surface area contributed by atoms with Crippen molar-refractivity contribution in [2.24, 2.45) is 5.10 Å². The molecule has 0 aliphatic heterocycles. The van der Waals surface area contributed by atoms with Crippen LogP contribution in [0.4, 0.5) is 5.69 Å². The Labute approximate surface area is 205 Å². The van der Waals surface area contributed by atoms with Crippen LogP contribution in [-0.4, -0.2) is 23.7 Å². The number of nitrogens with zero attached hydrogens (tertiary/aromatic N) is 2. The number of ether oxygens (including phenoxy) is 2. The second kappa shape index (κ2) is 10.7. The molecule has 0 radical (unpaired) electrons. The predicted molar refractivity (Wildman–Crippen MR) is 131 cm³/mol. The van der Waals surface area contributed by atoms with E-state index in [2.05, 4.69) is 10.5 Å². The fourth-order valence-corrected chi connectivity index (χ4v) is 3.34. The van der Waals surface area contributed by atoms with Crippen molar-refractivity contribution in [2.75, 3.05) is 6.61 Å². The molecule has 35 heavy (non-hydrogen) atoms. The summed E-state index contributed by atoms with van der Waals surface area (Å²) < 4.78 is 17.0. The van der Waals surface area contributed by atoms with Gasteiger partial charge < -0.3 is 13.9 Å². The predicted octanol–water partition coefficient (Wildman–Crippen LogP) is 5.74. The second-order valence-electron chi connectivity index (χ2n) is 7.34.